The first-order valence-corrected chi connectivity index (χ1v) is 15.7. The van der Waals surface area contributed by atoms with E-state index in [0.29, 0.717) is 6.54 Å². The molecule has 39 heavy (non-hydrogen) atoms. The van der Waals surface area contributed by atoms with Gasteiger partial charge in [0.2, 0.25) is 0 Å². The van der Waals surface area contributed by atoms with Crippen LogP contribution in [0.1, 0.15) is 110 Å². The van der Waals surface area contributed by atoms with Crippen molar-refractivity contribution in [1.82, 2.24) is 9.88 Å². The molecule has 5 heteroatoms. The molecule has 1 spiro atoms. The van der Waals surface area contributed by atoms with Crippen LogP contribution in [0.15, 0.2) is 18.7 Å². The lowest BCUT2D eigenvalue weighted by molar-refractivity contribution is 0.208. The van der Waals surface area contributed by atoms with Gasteiger partial charge in [-0.25, -0.2) is 0 Å². The number of likely N-dealkylation sites (tertiary alicyclic amines) is 1. The number of nitrogens with zero attached hydrogens (tertiary/aromatic N) is 3. The standard InChI is InChI=1S/C34H45N5/c1-23-27-18-24(21-35)30(39-16-9-25(10-17-39)38-14-6-7-15-38)19-28(27)34(11-4-3-5-12-34)32-31(23)26-8-13-33(2,22-36)20-29(26)37-32/h18-19,25,37H,1,3-17,20-21,35H2,2H3. The number of fused-ring (bicyclic) bond motifs is 6. The van der Waals surface area contributed by atoms with Crippen LogP contribution in [0.5, 0.6) is 0 Å². The minimum absolute atomic E-state index is 0.0141. The first-order chi connectivity index (χ1) is 19.0. The topological polar surface area (TPSA) is 72.1 Å². The first kappa shape index (κ1) is 25.4. The van der Waals surface area contributed by atoms with Gasteiger partial charge in [-0.3, -0.25) is 0 Å². The van der Waals surface area contributed by atoms with Gasteiger partial charge < -0.3 is 20.5 Å². The van der Waals surface area contributed by atoms with Crippen molar-refractivity contribution < 1.29 is 0 Å². The van der Waals surface area contributed by atoms with Gasteiger partial charge in [0.15, 0.2) is 0 Å². The second kappa shape index (κ2) is 9.53. The maximum atomic E-state index is 9.90. The summed E-state index contributed by atoms with van der Waals surface area (Å²) in [5.41, 5.74) is 18.3. The first-order valence-electron chi connectivity index (χ1n) is 15.7. The van der Waals surface area contributed by atoms with Gasteiger partial charge >= 0.3 is 0 Å². The number of nitriles is 1. The van der Waals surface area contributed by atoms with Crippen LogP contribution >= 0.6 is 0 Å². The summed E-state index contributed by atoms with van der Waals surface area (Å²) in [6.07, 6.45) is 14.2. The maximum absolute atomic E-state index is 9.90. The van der Waals surface area contributed by atoms with Gasteiger partial charge in [-0.05, 0) is 111 Å². The van der Waals surface area contributed by atoms with E-state index in [1.807, 2.05) is 0 Å². The van der Waals surface area contributed by atoms with Crippen molar-refractivity contribution in [2.45, 2.75) is 102 Å². The molecule has 1 saturated carbocycles. The molecule has 5 aliphatic rings. The highest BCUT2D eigenvalue weighted by Gasteiger charge is 2.47. The number of benzene rings is 1. The number of H-pyrrole nitrogens is 1. The SMILES string of the molecule is C=C1c2cc(CN)c(N3CCC(N4CCCC4)CC3)cc2C2(CCCCC2)c2[nH]c3c(c21)CCC(C)(C#N)C3. The number of nitrogens with one attached hydrogen (secondary N) is 1. The molecule has 7 rings (SSSR count). The molecule has 3 N–H and O–H groups in total. The van der Waals surface area contributed by atoms with E-state index < -0.39 is 0 Å². The van der Waals surface area contributed by atoms with Crippen molar-refractivity contribution in [2.24, 2.45) is 11.1 Å². The van der Waals surface area contributed by atoms with Crippen molar-refractivity contribution in [3.05, 3.63) is 57.9 Å². The Morgan fingerprint density at radius 1 is 1.05 bits per heavy atom. The molecule has 2 saturated heterocycles. The third-order valence-electron chi connectivity index (χ3n) is 11.2. The highest BCUT2D eigenvalue weighted by molar-refractivity contribution is 5.89. The lowest BCUT2D eigenvalue weighted by atomic mass is 9.60. The van der Waals surface area contributed by atoms with Crippen LogP contribution in [0.3, 0.4) is 0 Å². The fourth-order valence-corrected chi connectivity index (χ4v) is 8.94. The Morgan fingerprint density at radius 2 is 1.79 bits per heavy atom. The molecule has 5 nitrogen and oxygen atoms in total. The van der Waals surface area contributed by atoms with Crippen molar-refractivity contribution >= 4 is 11.3 Å². The summed E-state index contributed by atoms with van der Waals surface area (Å²) < 4.78 is 0. The minimum atomic E-state index is -0.282. The van der Waals surface area contributed by atoms with Crippen LogP contribution in [0.2, 0.25) is 0 Å². The third kappa shape index (κ3) is 3.93. The van der Waals surface area contributed by atoms with E-state index in [2.05, 4.69) is 39.9 Å². The van der Waals surface area contributed by atoms with E-state index in [4.69, 9.17) is 12.3 Å². The molecule has 1 aromatic heterocycles. The van der Waals surface area contributed by atoms with Crippen molar-refractivity contribution in [3.63, 3.8) is 0 Å². The number of hydrogen-bond donors (Lipinski definition) is 2. The highest BCUT2D eigenvalue weighted by Crippen LogP contribution is 2.56. The third-order valence-corrected chi connectivity index (χ3v) is 11.2. The zero-order chi connectivity index (χ0) is 26.8. The Balaban J connectivity index is 1.30. The van der Waals surface area contributed by atoms with Crippen LogP contribution in [0.25, 0.3) is 5.57 Å². The number of anilines is 1. The summed E-state index contributed by atoms with van der Waals surface area (Å²) in [5, 5.41) is 9.90. The number of hydrogen-bond acceptors (Lipinski definition) is 4. The molecule has 3 heterocycles. The van der Waals surface area contributed by atoms with Crippen LogP contribution < -0.4 is 10.6 Å². The predicted octanol–water partition coefficient (Wildman–Crippen LogP) is 6.18. The largest absolute Gasteiger partial charge is 0.371 e. The van der Waals surface area contributed by atoms with Crippen LogP contribution in [0.4, 0.5) is 5.69 Å². The summed E-state index contributed by atoms with van der Waals surface area (Å²) in [6, 6.07) is 8.33. The average molecular weight is 524 g/mol. The fraction of sp³-hybridized carbons (Fsp3) is 0.618. The quantitative estimate of drug-likeness (QED) is 0.504. The van der Waals surface area contributed by atoms with Gasteiger partial charge in [-0.1, -0.05) is 25.8 Å². The van der Waals surface area contributed by atoms with E-state index in [9.17, 15) is 5.26 Å². The van der Waals surface area contributed by atoms with E-state index in [0.717, 1.165) is 38.4 Å². The maximum Gasteiger partial charge on any atom is 0.0691 e. The Hall–Kier alpha value is -2.55. The van der Waals surface area contributed by atoms with E-state index in [-0.39, 0.29) is 10.8 Å². The molecular weight excluding hydrogens is 478 g/mol. The molecule has 206 valence electrons. The zero-order valence-electron chi connectivity index (χ0n) is 23.9. The summed E-state index contributed by atoms with van der Waals surface area (Å²) >= 11 is 0. The Labute approximate surface area is 234 Å². The van der Waals surface area contributed by atoms with Crippen LogP contribution in [0, 0.1) is 16.7 Å². The van der Waals surface area contributed by atoms with Gasteiger partial charge in [-0.2, -0.15) is 5.26 Å². The summed E-state index contributed by atoms with van der Waals surface area (Å²) in [4.78, 5) is 9.36. The smallest absolute Gasteiger partial charge is 0.0691 e. The van der Waals surface area contributed by atoms with Crippen molar-refractivity contribution in [1.29, 1.82) is 5.26 Å². The molecule has 1 unspecified atom stereocenters. The van der Waals surface area contributed by atoms with E-state index >= 15 is 0 Å². The van der Waals surface area contributed by atoms with Gasteiger partial charge in [0.1, 0.15) is 0 Å². The molecule has 0 radical (unpaired) electrons. The number of piperidine rings is 1. The summed E-state index contributed by atoms with van der Waals surface area (Å²) in [6.45, 7) is 12.2. The second-order valence-corrected chi connectivity index (χ2v) is 13.5. The van der Waals surface area contributed by atoms with Gasteiger partial charge in [0.25, 0.3) is 0 Å². The molecule has 2 aliphatic heterocycles. The molecule has 2 aromatic rings. The molecular formula is C34H45N5. The van der Waals surface area contributed by atoms with Crippen LogP contribution in [-0.2, 0) is 24.8 Å². The molecule has 3 aliphatic carbocycles. The minimum Gasteiger partial charge on any atom is -0.371 e. The molecule has 1 aromatic carbocycles. The lowest BCUT2D eigenvalue weighted by Crippen LogP contribution is -2.44. The van der Waals surface area contributed by atoms with Crippen molar-refractivity contribution in [2.75, 3.05) is 31.1 Å². The number of nitrogens with two attached hydrogens (primary N) is 1. The number of rotatable bonds is 3. The average Bonchev–Trinajstić information content (AvgIpc) is 3.65. The molecule has 1 atom stereocenters. The summed E-state index contributed by atoms with van der Waals surface area (Å²) in [5.74, 6) is 0. The molecule has 0 amide bonds. The predicted molar refractivity (Wildman–Crippen MR) is 159 cm³/mol. The van der Waals surface area contributed by atoms with Gasteiger partial charge in [-0.15, -0.1) is 0 Å². The number of aromatic amines is 1. The van der Waals surface area contributed by atoms with Crippen molar-refractivity contribution in [3.8, 4) is 6.07 Å². The Morgan fingerprint density at radius 3 is 2.49 bits per heavy atom. The normalized spacial score (nSPS) is 26.8. The lowest BCUT2D eigenvalue weighted by Gasteiger charge is -2.44. The second-order valence-electron chi connectivity index (χ2n) is 13.5. The van der Waals surface area contributed by atoms with Gasteiger partial charge in [0.05, 0.1) is 11.5 Å². The summed E-state index contributed by atoms with van der Waals surface area (Å²) in [7, 11) is 0. The monoisotopic (exact) mass is 523 g/mol. The van der Waals surface area contributed by atoms with Crippen LogP contribution in [-0.4, -0.2) is 42.1 Å². The Kier molecular flexibility index (Phi) is 6.21. The van der Waals surface area contributed by atoms with E-state index in [1.54, 1.807) is 0 Å². The molecule has 0 bridgehead atoms. The van der Waals surface area contributed by atoms with E-state index in [1.165, 1.54) is 121 Å². The highest BCUT2D eigenvalue weighted by atomic mass is 15.2. The zero-order valence-corrected chi connectivity index (χ0v) is 23.9. The Bertz CT molecular complexity index is 1320. The molecule has 3 fully saturated rings. The fourth-order valence-electron chi connectivity index (χ4n) is 8.94. The number of aromatic nitrogens is 1. The van der Waals surface area contributed by atoms with Gasteiger partial charge in [0, 0.05) is 60.2 Å².